The Morgan fingerprint density at radius 1 is 1.29 bits per heavy atom. The van der Waals surface area contributed by atoms with Crippen LogP contribution in [0.15, 0.2) is 24.8 Å². The number of carbonyl (C=O) groups excluding carboxylic acids is 1. The average Bonchev–Trinajstić information content (AvgIpc) is 2.68. The van der Waals surface area contributed by atoms with Crippen molar-refractivity contribution in [1.82, 2.24) is 24.7 Å². The normalized spacial score (nSPS) is 9.43. The second-order valence-corrected chi connectivity index (χ2v) is 2.34. The summed E-state index contributed by atoms with van der Waals surface area (Å²) in [6.45, 7) is 0. The molecule has 0 saturated heterocycles. The van der Waals surface area contributed by atoms with Gasteiger partial charge >= 0.3 is 0 Å². The Kier molecular flexibility index (Phi) is 2.12. The lowest BCUT2D eigenvalue weighted by atomic mass is 10.6. The Morgan fingerprint density at radius 2 is 2.07 bits per heavy atom. The van der Waals surface area contributed by atoms with Gasteiger partial charge in [0.1, 0.15) is 12.3 Å². The molecule has 0 fully saturated rings. The highest BCUT2D eigenvalue weighted by molar-refractivity contribution is 5.71. The van der Waals surface area contributed by atoms with Gasteiger partial charge in [-0.1, -0.05) is 0 Å². The number of hydrogen-bond donors (Lipinski definition) is 0. The van der Waals surface area contributed by atoms with Crippen molar-refractivity contribution in [2.45, 2.75) is 0 Å². The molecule has 0 unspecified atom stereocenters. The zero-order chi connectivity index (χ0) is 9.80. The lowest BCUT2D eigenvalue weighted by Gasteiger charge is -1.97. The van der Waals surface area contributed by atoms with Gasteiger partial charge in [-0.25, -0.2) is 19.7 Å². The van der Waals surface area contributed by atoms with Crippen LogP contribution in [-0.2, 0) is 4.79 Å². The SMILES string of the molecule is O=C=Cc1ncnn1-c1ncccn1. The van der Waals surface area contributed by atoms with E-state index in [9.17, 15) is 4.79 Å². The first kappa shape index (κ1) is 8.28. The molecule has 2 heterocycles. The minimum atomic E-state index is 0.353. The molecule has 6 heteroatoms. The molecular formula is C8H5N5O. The summed E-state index contributed by atoms with van der Waals surface area (Å²) < 4.78 is 1.35. The van der Waals surface area contributed by atoms with Crippen LogP contribution >= 0.6 is 0 Å². The first-order valence-electron chi connectivity index (χ1n) is 3.80. The molecule has 0 N–H and O–H groups in total. The largest absolute Gasteiger partial charge is 0.252 e. The van der Waals surface area contributed by atoms with Crippen LogP contribution in [0, 0.1) is 0 Å². The van der Waals surface area contributed by atoms with Crippen LogP contribution in [0.25, 0.3) is 12.0 Å². The number of hydrogen-bond acceptors (Lipinski definition) is 5. The Bertz CT molecular complexity index is 471. The van der Waals surface area contributed by atoms with Crippen molar-refractivity contribution in [1.29, 1.82) is 0 Å². The fraction of sp³-hybridized carbons (Fsp3) is 0. The zero-order valence-electron chi connectivity index (χ0n) is 7.03. The maximum absolute atomic E-state index is 10.2. The van der Waals surface area contributed by atoms with Gasteiger partial charge in [-0.15, -0.1) is 0 Å². The van der Waals surface area contributed by atoms with E-state index in [1.807, 2.05) is 0 Å². The fourth-order valence-electron chi connectivity index (χ4n) is 0.956. The lowest BCUT2D eigenvalue weighted by molar-refractivity contribution is 0.570. The van der Waals surface area contributed by atoms with Crippen molar-refractivity contribution in [3.63, 3.8) is 0 Å². The van der Waals surface area contributed by atoms with Crippen molar-refractivity contribution >= 4 is 12.0 Å². The third kappa shape index (κ3) is 1.41. The molecule has 2 rings (SSSR count). The van der Waals surface area contributed by atoms with Crippen molar-refractivity contribution in [3.05, 3.63) is 30.6 Å². The van der Waals surface area contributed by atoms with Crippen LogP contribution in [0.4, 0.5) is 0 Å². The summed E-state index contributed by atoms with van der Waals surface area (Å²) in [5.74, 6) is 2.35. The number of rotatable bonds is 2. The molecule has 6 nitrogen and oxygen atoms in total. The summed E-state index contributed by atoms with van der Waals surface area (Å²) in [5.41, 5.74) is 0. The molecule has 0 atom stereocenters. The third-order valence-corrected chi connectivity index (χ3v) is 1.50. The number of aromatic nitrogens is 5. The van der Waals surface area contributed by atoms with Crippen molar-refractivity contribution in [2.24, 2.45) is 0 Å². The Morgan fingerprint density at radius 3 is 2.79 bits per heavy atom. The van der Waals surface area contributed by atoms with Gasteiger partial charge in [-0.05, 0) is 6.07 Å². The summed E-state index contributed by atoms with van der Waals surface area (Å²) in [4.78, 5) is 21.9. The molecule has 2 aromatic rings. The fourth-order valence-corrected chi connectivity index (χ4v) is 0.956. The highest BCUT2D eigenvalue weighted by Crippen LogP contribution is 2.01. The molecular weight excluding hydrogens is 182 g/mol. The lowest BCUT2D eigenvalue weighted by Crippen LogP contribution is -2.03. The maximum Gasteiger partial charge on any atom is 0.252 e. The van der Waals surface area contributed by atoms with Gasteiger partial charge in [0.25, 0.3) is 5.95 Å². The molecule has 0 aromatic carbocycles. The maximum atomic E-state index is 10.2. The molecule has 0 aliphatic heterocycles. The summed E-state index contributed by atoms with van der Waals surface area (Å²) in [6.07, 6.45) is 5.65. The smallest absolute Gasteiger partial charge is 0.233 e. The highest BCUT2D eigenvalue weighted by Gasteiger charge is 2.04. The van der Waals surface area contributed by atoms with E-state index in [0.717, 1.165) is 0 Å². The molecule has 0 amide bonds. The Labute approximate surface area is 79.0 Å². The van der Waals surface area contributed by atoms with Crippen LogP contribution in [0.2, 0.25) is 0 Å². The summed E-state index contributed by atoms with van der Waals surface area (Å²) >= 11 is 0. The van der Waals surface area contributed by atoms with Gasteiger partial charge in [0, 0.05) is 12.4 Å². The molecule has 14 heavy (non-hydrogen) atoms. The van der Waals surface area contributed by atoms with Gasteiger partial charge < -0.3 is 0 Å². The van der Waals surface area contributed by atoms with Crippen LogP contribution in [0.3, 0.4) is 0 Å². The van der Waals surface area contributed by atoms with E-state index in [4.69, 9.17) is 0 Å². The van der Waals surface area contributed by atoms with Crippen LogP contribution < -0.4 is 0 Å². The van der Waals surface area contributed by atoms with Gasteiger partial charge in [0.05, 0.1) is 6.08 Å². The number of nitrogens with zero attached hydrogens (tertiary/aromatic N) is 5. The third-order valence-electron chi connectivity index (χ3n) is 1.50. The van der Waals surface area contributed by atoms with Crippen LogP contribution in [0.5, 0.6) is 0 Å². The van der Waals surface area contributed by atoms with Crippen molar-refractivity contribution in [2.75, 3.05) is 0 Å². The van der Waals surface area contributed by atoms with Gasteiger partial charge in [0.15, 0.2) is 5.82 Å². The minimum Gasteiger partial charge on any atom is -0.233 e. The topological polar surface area (TPSA) is 73.6 Å². The van der Waals surface area contributed by atoms with E-state index >= 15 is 0 Å². The van der Waals surface area contributed by atoms with Crippen LogP contribution in [-0.4, -0.2) is 30.7 Å². The zero-order valence-corrected chi connectivity index (χ0v) is 7.03. The second-order valence-electron chi connectivity index (χ2n) is 2.34. The molecule has 0 radical (unpaired) electrons. The van der Waals surface area contributed by atoms with Gasteiger partial charge in [-0.2, -0.15) is 9.78 Å². The Hall–Kier alpha value is -2.33. The van der Waals surface area contributed by atoms with E-state index in [1.54, 1.807) is 24.4 Å². The second kappa shape index (κ2) is 3.59. The molecule has 0 bridgehead atoms. The van der Waals surface area contributed by atoms with E-state index in [1.165, 1.54) is 17.1 Å². The molecule has 0 aliphatic carbocycles. The summed E-state index contributed by atoms with van der Waals surface area (Å²) in [7, 11) is 0. The quantitative estimate of drug-likeness (QED) is 0.614. The van der Waals surface area contributed by atoms with E-state index in [2.05, 4.69) is 20.1 Å². The van der Waals surface area contributed by atoms with Crippen molar-refractivity contribution < 1.29 is 4.79 Å². The molecule has 2 aromatic heterocycles. The monoisotopic (exact) mass is 187 g/mol. The Balaban J connectivity index is 2.52. The van der Waals surface area contributed by atoms with Gasteiger partial charge in [0.2, 0.25) is 0 Å². The summed E-state index contributed by atoms with van der Waals surface area (Å²) in [5, 5.41) is 3.88. The molecule has 0 saturated carbocycles. The van der Waals surface area contributed by atoms with E-state index in [0.29, 0.717) is 11.8 Å². The predicted molar refractivity (Wildman–Crippen MR) is 47.1 cm³/mol. The highest BCUT2D eigenvalue weighted by atomic mass is 16.1. The van der Waals surface area contributed by atoms with Crippen molar-refractivity contribution in [3.8, 4) is 5.95 Å². The molecule has 68 valence electrons. The van der Waals surface area contributed by atoms with E-state index in [-0.39, 0.29) is 0 Å². The van der Waals surface area contributed by atoms with Crippen LogP contribution in [0.1, 0.15) is 5.82 Å². The molecule has 0 aliphatic rings. The standard InChI is InChI=1S/C8H5N5O/c14-5-2-7-11-6-12-13(7)8-9-3-1-4-10-8/h1-4,6H. The first-order chi connectivity index (χ1) is 6.92. The van der Waals surface area contributed by atoms with E-state index < -0.39 is 0 Å². The molecule has 0 spiro atoms. The predicted octanol–water partition coefficient (Wildman–Crippen LogP) is -0.0979. The minimum absolute atomic E-state index is 0.353. The average molecular weight is 187 g/mol. The summed E-state index contributed by atoms with van der Waals surface area (Å²) in [6, 6.07) is 1.69. The van der Waals surface area contributed by atoms with Gasteiger partial charge in [-0.3, -0.25) is 0 Å². The first-order valence-corrected chi connectivity index (χ1v) is 3.80.